The van der Waals surface area contributed by atoms with Crippen LogP contribution in [-0.2, 0) is 6.42 Å². The van der Waals surface area contributed by atoms with Gasteiger partial charge in [0.05, 0.1) is 0 Å². The SMILES string of the molecule is CCCCCCCCCC1CCc2[nH]c3ccccc3c21. The summed E-state index contributed by atoms with van der Waals surface area (Å²) in [4.78, 5) is 3.63. The van der Waals surface area contributed by atoms with E-state index in [1.54, 1.807) is 5.56 Å². The summed E-state index contributed by atoms with van der Waals surface area (Å²) in [6.07, 6.45) is 13.9. The number of aryl methyl sites for hydroxylation is 1. The van der Waals surface area contributed by atoms with Crippen LogP contribution >= 0.6 is 0 Å². The fraction of sp³-hybridized carbons (Fsp3) is 0.600. The van der Waals surface area contributed by atoms with Crippen molar-refractivity contribution in [2.24, 2.45) is 0 Å². The molecule has 1 aromatic heterocycles. The van der Waals surface area contributed by atoms with Crippen molar-refractivity contribution in [1.29, 1.82) is 0 Å². The largest absolute Gasteiger partial charge is 0.358 e. The van der Waals surface area contributed by atoms with E-state index in [2.05, 4.69) is 36.2 Å². The van der Waals surface area contributed by atoms with Crippen molar-refractivity contribution >= 4 is 10.9 Å². The molecule has 0 bridgehead atoms. The molecule has 114 valence electrons. The standard InChI is InChI=1S/C20H29N/c1-2-3-4-5-6-7-8-11-16-14-15-19-20(16)17-12-9-10-13-18(17)21-19/h9-10,12-13,16,21H,2-8,11,14-15H2,1H3. The average molecular weight is 283 g/mol. The van der Waals surface area contributed by atoms with Crippen LogP contribution in [0.1, 0.15) is 81.9 Å². The first-order valence-corrected chi connectivity index (χ1v) is 8.99. The molecule has 21 heavy (non-hydrogen) atoms. The van der Waals surface area contributed by atoms with Gasteiger partial charge in [0.15, 0.2) is 0 Å². The molecule has 1 unspecified atom stereocenters. The van der Waals surface area contributed by atoms with Gasteiger partial charge < -0.3 is 4.98 Å². The van der Waals surface area contributed by atoms with Crippen LogP contribution in [0.3, 0.4) is 0 Å². The normalized spacial score (nSPS) is 17.5. The van der Waals surface area contributed by atoms with Crippen LogP contribution in [0, 0.1) is 0 Å². The molecule has 0 spiro atoms. The first kappa shape index (κ1) is 14.7. The quantitative estimate of drug-likeness (QED) is 0.544. The first-order valence-electron chi connectivity index (χ1n) is 8.99. The van der Waals surface area contributed by atoms with Gasteiger partial charge in [-0.25, -0.2) is 0 Å². The number of hydrogen-bond donors (Lipinski definition) is 1. The van der Waals surface area contributed by atoms with E-state index in [9.17, 15) is 0 Å². The lowest BCUT2D eigenvalue weighted by atomic mass is 9.93. The summed E-state index contributed by atoms with van der Waals surface area (Å²) in [5.74, 6) is 0.812. The predicted molar refractivity (Wildman–Crippen MR) is 92.0 cm³/mol. The number of benzene rings is 1. The van der Waals surface area contributed by atoms with Crippen molar-refractivity contribution in [3.63, 3.8) is 0 Å². The number of aromatic nitrogens is 1. The molecule has 1 heteroatoms. The van der Waals surface area contributed by atoms with E-state index in [-0.39, 0.29) is 0 Å². The summed E-state index contributed by atoms with van der Waals surface area (Å²) in [6, 6.07) is 8.84. The third-order valence-electron chi connectivity index (χ3n) is 5.14. The second-order valence-electron chi connectivity index (χ2n) is 6.71. The summed E-state index contributed by atoms with van der Waals surface area (Å²) in [5.41, 5.74) is 4.51. The Morgan fingerprint density at radius 2 is 1.76 bits per heavy atom. The van der Waals surface area contributed by atoms with Crippen molar-refractivity contribution in [3.05, 3.63) is 35.5 Å². The lowest BCUT2D eigenvalue weighted by Crippen LogP contribution is -1.93. The molecule has 0 amide bonds. The fourth-order valence-corrected chi connectivity index (χ4v) is 3.98. The van der Waals surface area contributed by atoms with E-state index in [1.165, 1.54) is 80.8 Å². The van der Waals surface area contributed by atoms with E-state index < -0.39 is 0 Å². The van der Waals surface area contributed by atoms with Crippen LogP contribution in [0.5, 0.6) is 0 Å². The molecular weight excluding hydrogens is 254 g/mol. The Hall–Kier alpha value is -1.24. The minimum absolute atomic E-state index is 0.812. The zero-order chi connectivity index (χ0) is 14.5. The van der Waals surface area contributed by atoms with E-state index >= 15 is 0 Å². The van der Waals surface area contributed by atoms with Gasteiger partial charge >= 0.3 is 0 Å². The van der Waals surface area contributed by atoms with Crippen molar-refractivity contribution in [1.82, 2.24) is 4.98 Å². The highest BCUT2D eigenvalue weighted by Gasteiger charge is 2.25. The van der Waals surface area contributed by atoms with Crippen molar-refractivity contribution in [2.75, 3.05) is 0 Å². The van der Waals surface area contributed by atoms with Crippen LogP contribution in [0.4, 0.5) is 0 Å². The van der Waals surface area contributed by atoms with Gasteiger partial charge in [0.1, 0.15) is 0 Å². The molecule has 1 N–H and O–H groups in total. The van der Waals surface area contributed by atoms with Crippen molar-refractivity contribution < 1.29 is 0 Å². The molecular formula is C20H29N. The topological polar surface area (TPSA) is 15.8 Å². The molecule has 2 aromatic rings. The van der Waals surface area contributed by atoms with Crippen molar-refractivity contribution in [2.45, 2.75) is 77.0 Å². The Morgan fingerprint density at radius 3 is 2.62 bits per heavy atom. The number of H-pyrrole nitrogens is 1. The highest BCUT2D eigenvalue weighted by Crippen LogP contribution is 2.41. The molecule has 0 radical (unpaired) electrons. The van der Waals surface area contributed by atoms with Gasteiger partial charge in [-0.3, -0.25) is 0 Å². The van der Waals surface area contributed by atoms with Crippen LogP contribution in [0.15, 0.2) is 24.3 Å². The van der Waals surface area contributed by atoms with Gasteiger partial charge in [-0.2, -0.15) is 0 Å². The number of nitrogens with one attached hydrogen (secondary N) is 1. The van der Waals surface area contributed by atoms with Crippen LogP contribution in [-0.4, -0.2) is 4.98 Å². The molecule has 0 aliphatic heterocycles. The van der Waals surface area contributed by atoms with Gasteiger partial charge in [-0.15, -0.1) is 0 Å². The smallest absolute Gasteiger partial charge is 0.0459 e. The highest BCUT2D eigenvalue weighted by molar-refractivity contribution is 5.85. The van der Waals surface area contributed by atoms with Crippen LogP contribution in [0.25, 0.3) is 10.9 Å². The number of para-hydroxylation sites is 1. The molecule has 1 aliphatic rings. The maximum Gasteiger partial charge on any atom is 0.0459 e. The maximum absolute atomic E-state index is 3.63. The van der Waals surface area contributed by atoms with E-state index in [0.717, 1.165) is 5.92 Å². The third kappa shape index (κ3) is 3.33. The molecule has 1 heterocycles. The zero-order valence-electron chi connectivity index (χ0n) is 13.5. The molecule has 1 atom stereocenters. The molecule has 1 nitrogen and oxygen atoms in total. The Kier molecular flexibility index (Phi) is 5.00. The average Bonchev–Trinajstić information content (AvgIpc) is 3.06. The molecule has 1 aliphatic carbocycles. The third-order valence-corrected chi connectivity index (χ3v) is 5.14. The van der Waals surface area contributed by atoms with E-state index in [0.29, 0.717) is 0 Å². The Bertz CT molecular complexity index is 566. The number of unbranched alkanes of at least 4 members (excludes halogenated alkanes) is 6. The molecule has 0 saturated carbocycles. The second kappa shape index (κ2) is 7.15. The minimum atomic E-state index is 0.812. The maximum atomic E-state index is 3.63. The lowest BCUT2D eigenvalue weighted by Gasteiger charge is -2.11. The fourth-order valence-electron chi connectivity index (χ4n) is 3.98. The monoisotopic (exact) mass is 283 g/mol. The van der Waals surface area contributed by atoms with E-state index in [1.807, 2.05) is 0 Å². The van der Waals surface area contributed by atoms with Crippen molar-refractivity contribution in [3.8, 4) is 0 Å². The number of fused-ring (bicyclic) bond motifs is 3. The molecule has 0 saturated heterocycles. The van der Waals surface area contributed by atoms with E-state index in [4.69, 9.17) is 0 Å². The van der Waals surface area contributed by atoms with Crippen LogP contribution in [0.2, 0.25) is 0 Å². The first-order chi connectivity index (χ1) is 10.4. The van der Waals surface area contributed by atoms with Gasteiger partial charge in [0, 0.05) is 16.6 Å². The Labute approximate surface area is 129 Å². The molecule has 1 aromatic carbocycles. The number of hydrogen-bond acceptors (Lipinski definition) is 0. The van der Waals surface area contributed by atoms with Gasteiger partial charge in [0.25, 0.3) is 0 Å². The zero-order valence-corrected chi connectivity index (χ0v) is 13.5. The number of aromatic amines is 1. The second-order valence-corrected chi connectivity index (χ2v) is 6.71. The summed E-state index contributed by atoms with van der Waals surface area (Å²) in [7, 11) is 0. The Morgan fingerprint density at radius 1 is 1.00 bits per heavy atom. The van der Waals surface area contributed by atoms with Gasteiger partial charge in [-0.05, 0) is 36.8 Å². The number of rotatable bonds is 8. The summed E-state index contributed by atoms with van der Waals surface area (Å²) >= 11 is 0. The lowest BCUT2D eigenvalue weighted by molar-refractivity contribution is 0.532. The molecule has 0 fully saturated rings. The summed E-state index contributed by atoms with van der Waals surface area (Å²) in [5, 5.41) is 1.48. The molecule has 3 rings (SSSR count). The summed E-state index contributed by atoms with van der Waals surface area (Å²) in [6.45, 7) is 2.29. The minimum Gasteiger partial charge on any atom is -0.358 e. The highest BCUT2D eigenvalue weighted by atomic mass is 14.7. The van der Waals surface area contributed by atoms with Gasteiger partial charge in [-0.1, -0.05) is 70.1 Å². The summed E-state index contributed by atoms with van der Waals surface area (Å²) < 4.78 is 0. The van der Waals surface area contributed by atoms with Gasteiger partial charge in [0.2, 0.25) is 0 Å². The predicted octanol–water partition coefficient (Wildman–Crippen LogP) is 6.34. The van der Waals surface area contributed by atoms with Crippen LogP contribution < -0.4 is 0 Å². The Balaban J connectivity index is 1.51.